The third-order valence-corrected chi connectivity index (χ3v) is 4.24. The molecule has 0 bridgehead atoms. The second kappa shape index (κ2) is 5.24. The van der Waals surface area contributed by atoms with E-state index in [-0.39, 0.29) is 17.0 Å². The zero-order valence-corrected chi connectivity index (χ0v) is 12.3. The van der Waals surface area contributed by atoms with Gasteiger partial charge in [0.2, 0.25) is 0 Å². The van der Waals surface area contributed by atoms with Gasteiger partial charge in [0.15, 0.2) is 0 Å². The summed E-state index contributed by atoms with van der Waals surface area (Å²) in [5, 5.41) is 2.82. The van der Waals surface area contributed by atoms with Crippen molar-refractivity contribution in [3.05, 3.63) is 56.8 Å². The molecular weight excluding hydrogens is 266 g/mol. The molecule has 0 atom stereocenters. The lowest BCUT2D eigenvalue weighted by Gasteiger charge is -2.08. The van der Waals surface area contributed by atoms with Crippen LogP contribution in [-0.4, -0.2) is 15.5 Å². The smallest absolute Gasteiger partial charge is 0.261 e. The number of nitrogens with one attached hydrogen (secondary N) is 2. The summed E-state index contributed by atoms with van der Waals surface area (Å²) in [6, 6.07) is 5.72. The van der Waals surface area contributed by atoms with Gasteiger partial charge in [-0.15, -0.1) is 0 Å². The molecule has 5 nitrogen and oxygen atoms in total. The molecule has 0 fully saturated rings. The van der Waals surface area contributed by atoms with Crippen LogP contribution in [-0.2, 0) is 26.4 Å². The number of aromatic amines is 1. The molecule has 0 aliphatic heterocycles. The highest BCUT2D eigenvalue weighted by Gasteiger charge is 2.18. The maximum Gasteiger partial charge on any atom is 0.261 e. The summed E-state index contributed by atoms with van der Waals surface area (Å²) in [7, 11) is 1.96. The maximum atomic E-state index is 12.2. The second-order valence-electron chi connectivity index (χ2n) is 5.58. The molecule has 1 aliphatic rings. The van der Waals surface area contributed by atoms with Gasteiger partial charge in [-0.05, 0) is 49.9 Å². The number of pyridine rings is 1. The first-order valence-corrected chi connectivity index (χ1v) is 7.20. The van der Waals surface area contributed by atoms with E-state index in [0.717, 1.165) is 41.9 Å². The van der Waals surface area contributed by atoms with E-state index in [1.54, 1.807) is 6.07 Å². The molecule has 0 aromatic carbocycles. The Balaban J connectivity index is 1.77. The number of amides is 1. The van der Waals surface area contributed by atoms with Crippen molar-refractivity contribution < 1.29 is 4.79 Å². The Bertz CT molecular complexity index is 755. The van der Waals surface area contributed by atoms with Crippen LogP contribution in [0.3, 0.4) is 0 Å². The number of aromatic nitrogens is 2. The Hall–Kier alpha value is -2.30. The van der Waals surface area contributed by atoms with Crippen LogP contribution < -0.4 is 10.9 Å². The summed E-state index contributed by atoms with van der Waals surface area (Å²) in [5.74, 6) is -0.315. The van der Waals surface area contributed by atoms with Gasteiger partial charge in [-0.1, -0.05) is 0 Å². The fraction of sp³-hybridized carbons (Fsp3) is 0.375. The molecule has 3 rings (SSSR count). The van der Waals surface area contributed by atoms with Gasteiger partial charge in [0, 0.05) is 24.1 Å². The lowest BCUT2D eigenvalue weighted by atomic mass is 10.1. The van der Waals surface area contributed by atoms with Crippen LogP contribution in [0.2, 0.25) is 0 Å². The van der Waals surface area contributed by atoms with Crippen molar-refractivity contribution in [2.24, 2.45) is 7.05 Å². The molecule has 0 saturated heterocycles. The van der Waals surface area contributed by atoms with E-state index >= 15 is 0 Å². The predicted octanol–water partition coefficient (Wildman–Crippen LogP) is 1.44. The maximum absolute atomic E-state index is 12.2. The van der Waals surface area contributed by atoms with E-state index in [9.17, 15) is 9.59 Å². The van der Waals surface area contributed by atoms with E-state index in [2.05, 4.69) is 10.3 Å². The first-order chi connectivity index (χ1) is 10.1. The highest BCUT2D eigenvalue weighted by atomic mass is 16.2. The van der Waals surface area contributed by atoms with Crippen LogP contribution in [0.1, 0.15) is 39.4 Å². The van der Waals surface area contributed by atoms with Crippen molar-refractivity contribution in [2.45, 2.75) is 32.7 Å². The van der Waals surface area contributed by atoms with Crippen LogP contribution in [0.5, 0.6) is 0 Å². The van der Waals surface area contributed by atoms with Gasteiger partial charge in [0.05, 0.1) is 6.54 Å². The molecule has 1 amide bonds. The van der Waals surface area contributed by atoms with Gasteiger partial charge in [-0.25, -0.2) is 0 Å². The zero-order chi connectivity index (χ0) is 15.0. The molecule has 0 radical (unpaired) electrons. The summed E-state index contributed by atoms with van der Waals surface area (Å²) in [5.41, 5.74) is 4.13. The molecule has 2 aromatic heterocycles. The van der Waals surface area contributed by atoms with Crippen LogP contribution in [0.25, 0.3) is 0 Å². The van der Waals surface area contributed by atoms with E-state index in [0.29, 0.717) is 6.54 Å². The van der Waals surface area contributed by atoms with Gasteiger partial charge in [-0.2, -0.15) is 0 Å². The fourth-order valence-electron chi connectivity index (χ4n) is 2.79. The van der Waals surface area contributed by atoms with Gasteiger partial charge in [0.1, 0.15) is 5.56 Å². The molecule has 5 heteroatoms. The van der Waals surface area contributed by atoms with Crippen molar-refractivity contribution in [2.75, 3.05) is 0 Å². The third-order valence-electron chi connectivity index (χ3n) is 4.24. The molecule has 0 unspecified atom stereocenters. The number of hydrogen-bond donors (Lipinski definition) is 2. The highest BCUT2D eigenvalue weighted by molar-refractivity contribution is 5.94. The highest BCUT2D eigenvalue weighted by Crippen LogP contribution is 2.18. The minimum atomic E-state index is -0.315. The lowest BCUT2D eigenvalue weighted by molar-refractivity contribution is 0.0948. The average molecular weight is 285 g/mol. The summed E-state index contributed by atoms with van der Waals surface area (Å²) in [4.78, 5) is 27.0. The number of nitrogens with zero attached hydrogens (tertiary/aromatic N) is 1. The number of rotatable bonds is 3. The normalized spacial score (nSPS) is 13.2. The van der Waals surface area contributed by atoms with Crippen molar-refractivity contribution >= 4 is 5.91 Å². The summed E-state index contributed by atoms with van der Waals surface area (Å²) >= 11 is 0. The summed E-state index contributed by atoms with van der Waals surface area (Å²) in [6.45, 7) is 2.43. The fourth-order valence-corrected chi connectivity index (χ4v) is 2.79. The van der Waals surface area contributed by atoms with Gasteiger partial charge < -0.3 is 14.9 Å². The number of hydrogen-bond acceptors (Lipinski definition) is 2. The monoisotopic (exact) mass is 285 g/mol. The number of aryl methyl sites for hydroxylation is 3. The van der Waals surface area contributed by atoms with E-state index < -0.39 is 0 Å². The number of carbonyl (C=O) groups is 1. The molecule has 0 saturated carbocycles. The van der Waals surface area contributed by atoms with Gasteiger partial charge in [-0.3, -0.25) is 9.59 Å². The van der Waals surface area contributed by atoms with Gasteiger partial charge in [0.25, 0.3) is 11.5 Å². The Morgan fingerprint density at radius 3 is 2.90 bits per heavy atom. The van der Waals surface area contributed by atoms with Crippen molar-refractivity contribution in [1.29, 1.82) is 0 Å². The first-order valence-electron chi connectivity index (χ1n) is 7.20. The Labute approximate surface area is 123 Å². The van der Waals surface area contributed by atoms with Crippen molar-refractivity contribution in [3.63, 3.8) is 0 Å². The molecule has 2 heterocycles. The summed E-state index contributed by atoms with van der Waals surface area (Å²) in [6.07, 6.45) is 2.87. The zero-order valence-electron chi connectivity index (χ0n) is 12.3. The van der Waals surface area contributed by atoms with Gasteiger partial charge >= 0.3 is 0 Å². The minimum absolute atomic E-state index is 0.210. The second-order valence-corrected chi connectivity index (χ2v) is 5.58. The molecule has 2 aromatic rings. The molecule has 21 heavy (non-hydrogen) atoms. The number of H-pyrrole nitrogens is 1. The topological polar surface area (TPSA) is 66.9 Å². The predicted molar refractivity (Wildman–Crippen MR) is 80.4 cm³/mol. The largest absolute Gasteiger partial charge is 0.350 e. The lowest BCUT2D eigenvalue weighted by Crippen LogP contribution is -2.30. The number of carbonyl (C=O) groups excluding carboxylic acids is 1. The van der Waals surface area contributed by atoms with Crippen LogP contribution in [0.15, 0.2) is 23.0 Å². The molecule has 2 N–H and O–H groups in total. The molecule has 0 spiro atoms. The SMILES string of the molecule is Cc1ccc(CNC(=O)c2cc3c([nH]c2=O)CCC3)n1C. The van der Waals surface area contributed by atoms with Crippen LogP contribution >= 0.6 is 0 Å². The summed E-state index contributed by atoms with van der Waals surface area (Å²) < 4.78 is 2.02. The molecule has 110 valence electrons. The van der Waals surface area contributed by atoms with Crippen molar-refractivity contribution in [1.82, 2.24) is 14.9 Å². The van der Waals surface area contributed by atoms with Crippen molar-refractivity contribution in [3.8, 4) is 0 Å². The van der Waals surface area contributed by atoms with E-state index in [1.807, 2.05) is 30.7 Å². The minimum Gasteiger partial charge on any atom is -0.350 e. The first kappa shape index (κ1) is 13.7. The average Bonchev–Trinajstić information content (AvgIpc) is 3.03. The van der Waals surface area contributed by atoms with E-state index in [4.69, 9.17) is 0 Å². The van der Waals surface area contributed by atoms with Crippen LogP contribution in [0.4, 0.5) is 0 Å². The Morgan fingerprint density at radius 2 is 2.19 bits per heavy atom. The molecular formula is C16H19N3O2. The Kier molecular flexibility index (Phi) is 3.41. The Morgan fingerprint density at radius 1 is 1.38 bits per heavy atom. The van der Waals surface area contributed by atoms with E-state index in [1.165, 1.54) is 0 Å². The molecule has 1 aliphatic carbocycles. The number of fused-ring (bicyclic) bond motifs is 1. The standard InChI is InChI=1S/C16H19N3O2/c1-10-6-7-12(19(10)2)9-17-15(20)13-8-11-4-3-5-14(11)18-16(13)21/h6-8H,3-5,9H2,1-2H3,(H,17,20)(H,18,21). The quantitative estimate of drug-likeness (QED) is 0.896. The van der Waals surface area contributed by atoms with Crippen LogP contribution in [0, 0.1) is 6.92 Å². The third kappa shape index (κ3) is 2.51.